The number of carbonyl (C=O) groups excluding carboxylic acids is 1. The monoisotopic (exact) mass is 287 g/mol. The molecule has 2 rings (SSSR count). The van der Waals surface area contributed by atoms with Gasteiger partial charge < -0.3 is 10.2 Å². The summed E-state index contributed by atoms with van der Waals surface area (Å²) in [4.78, 5) is 27.4. The lowest BCUT2D eigenvalue weighted by Gasteiger charge is -2.06. The van der Waals surface area contributed by atoms with Gasteiger partial charge in [-0.1, -0.05) is 23.2 Å². The zero-order chi connectivity index (χ0) is 15.2. The molecule has 7 heteroatoms. The molecule has 108 valence electrons. The van der Waals surface area contributed by atoms with Crippen molar-refractivity contribution in [1.82, 2.24) is 5.32 Å². The van der Waals surface area contributed by atoms with Crippen molar-refractivity contribution in [2.24, 2.45) is 5.16 Å². The average Bonchev–Trinajstić information content (AvgIpc) is 2.97. The summed E-state index contributed by atoms with van der Waals surface area (Å²) in [7, 11) is 0. The summed E-state index contributed by atoms with van der Waals surface area (Å²) < 4.78 is 0. The van der Waals surface area contributed by atoms with Crippen LogP contribution in [0.4, 0.5) is 5.69 Å². The van der Waals surface area contributed by atoms with Crippen molar-refractivity contribution in [2.75, 3.05) is 6.54 Å². The number of nitro benzene ring substituents is 1. The molecule has 0 aromatic heterocycles. The largest absolute Gasteiger partial charge is 0.382 e. The van der Waals surface area contributed by atoms with Crippen LogP contribution in [0.1, 0.15) is 18.9 Å². The van der Waals surface area contributed by atoms with E-state index in [2.05, 4.69) is 22.3 Å². The molecule has 1 aliphatic rings. The zero-order valence-corrected chi connectivity index (χ0v) is 11.3. The third-order valence-corrected chi connectivity index (χ3v) is 2.90. The van der Waals surface area contributed by atoms with E-state index in [9.17, 15) is 14.9 Å². The number of nitrogens with zero attached hydrogens (tertiary/aromatic N) is 2. The normalized spacial score (nSPS) is 16.2. The fourth-order valence-corrected chi connectivity index (χ4v) is 1.89. The minimum Gasteiger partial charge on any atom is -0.382 e. The molecule has 0 bridgehead atoms. The highest BCUT2D eigenvalue weighted by Gasteiger charge is 2.31. The molecule has 1 atom stereocenters. The number of para-hydroxylation sites is 1. The quantitative estimate of drug-likeness (QED) is 0.512. The predicted octanol–water partition coefficient (Wildman–Crippen LogP) is 1.23. The van der Waals surface area contributed by atoms with Gasteiger partial charge in [-0.2, -0.15) is 0 Å². The Bertz CT molecular complexity index is 658. The molecule has 0 saturated heterocycles. The van der Waals surface area contributed by atoms with Gasteiger partial charge in [0.05, 0.1) is 22.7 Å². The number of benzene rings is 1. The van der Waals surface area contributed by atoms with Crippen molar-refractivity contribution in [3.8, 4) is 11.8 Å². The first-order valence-electron chi connectivity index (χ1n) is 6.27. The Morgan fingerprint density at radius 1 is 1.57 bits per heavy atom. The van der Waals surface area contributed by atoms with E-state index < -0.39 is 11.0 Å². The summed E-state index contributed by atoms with van der Waals surface area (Å²) in [5.74, 6) is 5.03. The fourth-order valence-electron chi connectivity index (χ4n) is 1.89. The number of nitro groups is 1. The van der Waals surface area contributed by atoms with E-state index in [-0.39, 0.29) is 24.6 Å². The van der Waals surface area contributed by atoms with Gasteiger partial charge in [0, 0.05) is 12.5 Å². The van der Waals surface area contributed by atoms with Crippen LogP contribution in [0.25, 0.3) is 0 Å². The predicted molar refractivity (Wildman–Crippen MR) is 75.6 cm³/mol. The van der Waals surface area contributed by atoms with Crippen molar-refractivity contribution in [3.05, 3.63) is 39.9 Å². The van der Waals surface area contributed by atoms with Gasteiger partial charge in [0.2, 0.25) is 6.10 Å². The Kier molecular flexibility index (Phi) is 4.51. The number of hydrogen-bond acceptors (Lipinski definition) is 5. The number of nitrogens with one attached hydrogen (secondary N) is 1. The summed E-state index contributed by atoms with van der Waals surface area (Å²) in [5, 5.41) is 17.4. The number of amides is 1. The molecular weight excluding hydrogens is 274 g/mol. The van der Waals surface area contributed by atoms with Crippen LogP contribution >= 0.6 is 0 Å². The van der Waals surface area contributed by atoms with Gasteiger partial charge in [0.25, 0.3) is 11.6 Å². The van der Waals surface area contributed by atoms with E-state index in [1.165, 1.54) is 6.07 Å². The van der Waals surface area contributed by atoms with Gasteiger partial charge in [-0.15, -0.1) is 5.92 Å². The van der Waals surface area contributed by atoms with E-state index >= 15 is 0 Å². The minimum atomic E-state index is -0.779. The van der Waals surface area contributed by atoms with Crippen LogP contribution in [-0.2, 0) is 9.63 Å². The van der Waals surface area contributed by atoms with E-state index in [0.29, 0.717) is 11.3 Å². The lowest BCUT2D eigenvalue weighted by Crippen LogP contribution is -2.35. The Hall–Kier alpha value is -2.88. The van der Waals surface area contributed by atoms with Crippen molar-refractivity contribution in [2.45, 2.75) is 19.4 Å². The van der Waals surface area contributed by atoms with Gasteiger partial charge in [-0.25, -0.2) is 0 Å². The first-order valence-corrected chi connectivity index (χ1v) is 6.27. The zero-order valence-electron chi connectivity index (χ0n) is 11.3. The number of carbonyl (C=O) groups is 1. The topological polar surface area (TPSA) is 93.8 Å². The van der Waals surface area contributed by atoms with Gasteiger partial charge in [0.1, 0.15) is 0 Å². The molecular formula is C14H13N3O4. The van der Waals surface area contributed by atoms with Crippen LogP contribution in [0.15, 0.2) is 29.4 Å². The summed E-state index contributed by atoms with van der Waals surface area (Å²) >= 11 is 0. The molecule has 1 heterocycles. The molecule has 0 radical (unpaired) electrons. The molecule has 7 nitrogen and oxygen atoms in total. The first-order chi connectivity index (χ1) is 10.1. The maximum absolute atomic E-state index is 11.8. The van der Waals surface area contributed by atoms with Gasteiger partial charge in [0.15, 0.2) is 0 Å². The second-order valence-electron chi connectivity index (χ2n) is 4.25. The molecule has 1 aliphatic heterocycles. The van der Waals surface area contributed by atoms with Crippen LogP contribution in [0.3, 0.4) is 0 Å². The van der Waals surface area contributed by atoms with Crippen LogP contribution in [0.5, 0.6) is 0 Å². The number of hydrogen-bond donors (Lipinski definition) is 1. The Morgan fingerprint density at radius 3 is 3.05 bits per heavy atom. The maximum Gasteiger partial charge on any atom is 0.278 e. The molecule has 1 amide bonds. The molecule has 1 N–H and O–H groups in total. The van der Waals surface area contributed by atoms with Crippen molar-refractivity contribution >= 4 is 17.3 Å². The van der Waals surface area contributed by atoms with Crippen LogP contribution < -0.4 is 5.32 Å². The summed E-state index contributed by atoms with van der Waals surface area (Å²) in [6, 6.07) is 6.23. The molecule has 1 aromatic carbocycles. The van der Waals surface area contributed by atoms with Gasteiger partial charge in [-0.3, -0.25) is 14.9 Å². The molecule has 0 unspecified atom stereocenters. The van der Waals surface area contributed by atoms with Crippen molar-refractivity contribution in [1.29, 1.82) is 0 Å². The van der Waals surface area contributed by atoms with Crippen LogP contribution in [-0.4, -0.2) is 29.2 Å². The third-order valence-electron chi connectivity index (χ3n) is 2.90. The van der Waals surface area contributed by atoms with Gasteiger partial charge in [-0.05, 0) is 13.0 Å². The van der Waals surface area contributed by atoms with Crippen LogP contribution in [0.2, 0.25) is 0 Å². The molecule has 0 saturated carbocycles. The Balaban J connectivity index is 2.07. The fraction of sp³-hybridized carbons (Fsp3) is 0.286. The highest BCUT2D eigenvalue weighted by molar-refractivity contribution is 6.06. The van der Waals surface area contributed by atoms with Crippen molar-refractivity contribution in [3.63, 3.8) is 0 Å². The Labute approximate surface area is 121 Å². The summed E-state index contributed by atoms with van der Waals surface area (Å²) in [6.45, 7) is 1.91. The lowest BCUT2D eigenvalue weighted by atomic mass is 10.0. The van der Waals surface area contributed by atoms with Crippen LogP contribution in [0, 0.1) is 22.0 Å². The first kappa shape index (κ1) is 14.5. The SMILES string of the molecule is CC#CCNC(=O)[C@@H]1CC(c2ccccc2[N+](=O)[O-])=NO1. The smallest absolute Gasteiger partial charge is 0.278 e. The maximum atomic E-state index is 11.8. The molecule has 0 aliphatic carbocycles. The lowest BCUT2D eigenvalue weighted by molar-refractivity contribution is -0.385. The second-order valence-corrected chi connectivity index (χ2v) is 4.25. The number of rotatable bonds is 4. The molecule has 0 spiro atoms. The van der Waals surface area contributed by atoms with Gasteiger partial charge >= 0.3 is 0 Å². The van der Waals surface area contributed by atoms with E-state index in [4.69, 9.17) is 4.84 Å². The average molecular weight is 287 g/mol. The molecule has 1 aromatic rings. The highest BCUT2D eigenvalue weighted by Crippen LogP contribution is 2.24. The van der Waals surface area contributed by atoms with Crippen molar-refractivity contribution < 1.29 is 14.6 Å². The molecule has 21 heavy (non-hydrogen) atoms. The van der Waals surface area contributed by atoms with E-state index in [1.807, 2.05) is 0 Å². The molecule has 0 fully saturated rings. The number of oxime groups is 1. The van der Waals surface area contributed by atoms with E-state index in [1.54, 1.807) is 25.1 Å². The summed E-state index contributed by atoms with van der Waals surface area (Å²) in [5.41, 5.74) is 0.702. The standard InChI is InChI=1S/C14H13N3O4/c1-2-3-8-15-14(18)13-9-11(16-21-13)10-6-4-5-7-12(10)17(19)20/h4-7,13H,8-9H2,1H3,(H,15,18)/t13-/m0/s1. The Morgan fingerprint density at radius 2 is 2.33 bits per heavy atom. The summed E-state index contributed by atoms with van der Waals surface area (Å²) in [6.07, 6.45) is -0.588. The second kappa shape index (κ2) is 6.52. The highest BCUT2D eigenvalue weighted by atomic mass is 16.6. The minimum absolute atomic E-state index is 0.0576. The third kappa shape index (κ3) is 3.36. The van der Waals surface area contributed by atoms with E-state index in [0.717, 1.165) is 0 Å².